The van der Waals surface area contributed by atoms with Gasteiger partial charge < -0.3 is 0 Å². The maximum absolute atomic E-state index is 2.33. The molecule has 1 aliphatic rings. The van der Waals surface area contributed by atoms with Gasteiger partial charge in [0.05, 0.1) is 0 Å². The minimum Gasteiger partial charge on any atom is -0.0769 e. The molecule has 0 heterocycles. The molecular formula is C15H18. The summed E-state index contributed by atoms with van der Waals surface area (Å²) >= 11 is 0. The van der Waals surface area contributed by atoms with E-state index in [0.29, 0.717) is 0 Å². The minimum absolute atomic E-state index is 1.07. The highest BCUT2D eigenvalue weighted by Gasteiger charge is 2.07. The number of allylic oxidation sites excluding steroid dienone is 3. The maximum atomic E-state index is 2.33. The van der Waals surface area contributed by atoms with Crippen LogP contribution >= 0.6 is 0 Å². The Morgan fingerprint density at radius 1 is 0.867 bits per heavy atom. The van der Waals surface area contributed by atoms with E-state index in [0.717, 1.165) is 6.42 Å². The van der Waals surface area contributed by atoms with Crippen molar-refractivity contribution >= 4 is 6.08 Å². The highest BCUT2D eigenvalue weighted by atomic mass is 14.1. The molecule has 0 aromatic heterocycles. The van der Waals surface area contributed by atoms with Crippen LogP contribution in [0.4, 0.5) is 0 Å². The highest BCUT2D eigenvalue weighted by Crippen LogP contribution is 2.25. The highest BCUT2D eigenvalue weighted by molar-refractivity contribution is 5.64. The first-order chi connectivity index (χ1) is 7.08. The van der Waals surface area contributed by atoms with Crippen molar-refractivity contribution in [3.8, 4) is 0 Å². The Morgan fingerprint density at radius 2 is 1.53 bits per heavy atom. The molecule has 0 bridgehead atoms. The molecule has 0 unspecified atom stereocenters. The first-order valence-electron chi connectivity index (χ1n) is 5.53. The second-order valence-corrected chi connectivity index (χ2v) is 4.55. The fraction of sp³-hybridized carbons (Fsp3) is 0.333. The Bertz CT molecular complexity index is 459. The Labute approximate surface area is 92.3 Å². The average molecular weight is 198 g/mol. The summed E-state index contributed by atoms with van der Waals surface area (Å²) in [4.78, 5) is 0. The average Bonchev–Trinajstić information content (AvgIpc) is 2.31. The summed E-state index contributed by atoms with van der Waals surface area (Å²) in [6.45, 7) is 8.76. The quantitative estimate of drug-likeness (QED) is 0.586. The zero-order valence-corrected chi connectivity index (χ0v) is 10.0. The van der Waals surface area contributed by atoms with Crippen molar-refractivity contribution in [2.75, 3.05) is 0 Å². The molecule has 0 heteroatoms. The van der Waals surface area contributed by atoms with Gasteiger partial charge in [0.1, 0.15) is 0 Å². The van der Waals surface area contributed by atoms with Crippen LogP contribution in [0.5, 0.6) is 0 Å². The molecule has 15 heavy (non-hydrogen) atoms. The topological polar surface area (TPSA) is 0 Å². The molecular weight excluding hydrogens is 180 g/mol. The summed E-state index contributed by atoms with van der Waals surface area (Å²) in [5, 5.41) is 0. The monoisotopic (exact) mass is 198 g/mol. The summed E-state index contributed by atoms with van der Waals surface area (Å²) < 4.78 is 0. The van der Waals surface area contributed by atoms with E-state index in [1.807, 2.05) is 0 Å². The molecule has 0 amide bonds. The third kappa shape index (κ3) is 1.90. The van der Waals surface area contributed by atoms with Gasteiger partial charge in [0.15, 0.2) is 0 Å². The van der Waals surface area contributed by atoms with Crippen LogP contribution in [-0.2, 0) is 6.42 Å². The van der Waals surface area contributed by atoms with Gasteiger partial charge in [-0.25, -0.2) is 0 Å². The molecule has 0 aliphatic heterocycles. The Balaban J connectivity index is 2.60. The predicted molar refractivity (Wildman–Crippen MR) is 67.0 cm³/mol. The molecule has 0 fully saturated rings. The standard InChI is InChI=1S/C15H18/c1-10-5-6-14-7-12(3)13(4)9-15(14)8-11(10)2/h5,7-9H,6H2,1-4H3. The van der Waals surface area contributed by atoms with Crippen LogP contribution in [0.15, 0.2) is 29.4 Å². The summed E-state index contributed by atoms with van der Waals surface area (Å²) in [6, 6.07) is 4.63. The molecule has 0 saturated heterocycles. The van der Waals surface area contributed by atoms with Crippen LogP contribution in [-0.4, -0.2) is 0 Å². The van der Waals surface area contributed by atoms with Crippen molar-refractivity contribution < 1.29 is 0 Å². The fourth-order valence-electron chi connectivity index (χ4n) is 1.98. The lowest BCUT2D eigenvalue weighted by atomic mass is 9.98. The molecule has 78 valence electrons. The van der Waals surface area contributed by atoms with Gasteiger partial charge in [-0.15, -0.1) is 0 Å². The predicted octanol–water partition coefficient (Wildman–Crippen LogP) is 4.21. The van der Waals surface area contributed by atoms with Crippen LogP contribution in [0.1, 0.15) is 36.1 Å². The van der Waals surface area contributed by atoms with Crippen molar-refractivity contribution in [3.05, 3.63) is 51.6 Å². The van der Waals surface area contributed by atoms with Gasteiger partial charge in [-0.2, -0.15) is 0 Å². The number of aryl methyl sites for hydroxylation is 2. The van der Waals surface area contributed by atoms with E-state index in [2.05, 4.69) is 52.0 Å². The first kappa shape index (κ1) is 10.2. The molecule has 0 spiro atoms. The van der Waals surface area contributed by atoms with Gasteiger partial charge in [0, 0.05) is 0 Å². The Kier molecular flexibility index (Phi) is 2.52. The minimum atomic E-state index is 1.07. The molecule has 0 saturated carbocycles. The molecule has 1 aromatic rings. The van der Waals surface area contributed by atoms with Crippen molar-refractivity contribution in [1.29, 1.82) is 0 Å². The smallest absolute Gasteiger partial charge is 0.00856 e. The van der Waals surface area contributed by atoms with E-state index in [-0.39, 0.29) is 0 Å². The largest absolute Gasteiger partial charge is 0.0769 e. The van der Waals surface area contributed by atoms with Gasteiger partial charge >= 0.3 is 0 Å². The zero-order valence-electron chi connectivity index (χ0n) is 10.0. The summed E-state index contributed by atoms with van der Waals surface area (Å²) in [6.07, 6.45) is 5.70. The van der Waals surface area contributed by atoms with Crippen molar-refractivity contribution in [2.24, 2.45) is 0 Å². The molecule has 0 radical (unpaired) electrons. The summed E-state index contributed by atoms with van der Waals surface area (Å²) in [5.41, 5.74) is 8.42. The second kappa shape index (κ2) is 3.69. The van der Waals surface area contributed by atoms with E-state index in [1.165, 1.54) is 33.4 Å². The third-order valence-corrected chi connectivity index (χ3v) is 3.38. The SMILES string of the molecule is CC1=CCc2cc(C)c(C)cc2C=C1C. The van der Waals surface area contributed by atoms with Gasteiger partial charge in [-0.1, -0.05) is 29.9 Å². The summed E-state index contributed by atoms with van der Waals surface area (Å²) in [5.74, 6) is 0. The molecule has 1 aromatic carbocycles. The van der Waals surface area contributed by atoms with Gasteiger partial charge in [0.25, 0.3) is 0 Å². The Hall–Kier alpha value is -1.30. The number of rotatable bonds is 0. The van der Waals surface area contributed by atoms with Crippen molar-refractivity contribution in [2.45, 2.75) is 34.1 Å². The van der Waals surface area contributed by atoms with Crippen molar-refractivity contribution in [1.82, 2.24) is 0 Å². The first-order valence-corrected chi connectivity index (χ1v) is 5.53. The molecule has 0 atom stereocenters. The number of hydrogen-bond acceptors (Lipinski definition) is 0. The maximum Gasteiger partial charge on any atom is -0.00856 e. The zero-order chi connectivity index (χ0) is 11.0. The van der Waals surface area contributed by atoms with E-state index in [9.17, 15) is 0 Å². The van der Waals surface area contributed by atoms with E-state index in [1.54, 1.807) is 0 Å². The lowest BCUT2D eigenvalue weighted by Crippen LogP contribution is -1.90. The molecule has 0 nitrogen and oxygen atoms in total. The van der Waals surface area contributed by atoms with Crippen LogP contribution < -0.4 is 0 Å². The molecule has 2 rings (SSSR count). The van der Waals surface area contributed by atoms with Crippen LogP contribution in [0.25, 0.3) is 6.08 Å². The third-order valence-electron chi connectivity index (χ3n) is 3.38. The van der Waals surface area contributed by atoms with Crippen LogP contribution in [0.2, 0.25) is 0 Å². The van der Waals surface area contributed by atoms with E-state index >= 15 is 0 Å². The van der Waals surface area contributed by atoms with E-state index < -0.39 is 0 Å². The fourth-order valence-corrected chi connectivity index (χ4v) is 1.98. The second-order valence-electron chi connectivity index (χ2n) is 4.55. The van der Waals surface area contributed by atoms with Crippen LogP contribution in [0.3, 0.4) is 0 Å². The number of hydrogen-bond donors (Lipinski definition) is 0. The number of fused-ring (bicyclic) bond motifs is 1. The van der Waals surface area contributed by atoms with Gasteiger partial charge in [-0.3, -0.25) is 0 Å². The lowest BCUT2D eigenvalue weighted by Gasteiger charge is -2.07. The summed E-state index contributed by atoms with van der Waals surface area (Å²) in [7, 11) is 0. The molecule has 0 N–H and O–H groups in total. The number of benzene rings is 1. The normalized spacial score (nSPS) is 15.2. The van der Waals surface area contributed by atoms with Crippen molar-refractivity contribution in [3.63, 3.8) is 0 Å². The van der Waals surface area contributed by atoms with E-state index in [4.69, 9.17) is 0 Å². The van der Waals surface area contributed by atoms with Gasteiger partial charge in [-0.05, 0) is 61.9 Å². The van der Waals surface area contributed by atoms with Gasteiger partial charge in [0.2, 0.25) is 0 Å². The Morgan fingerprint density at radius 3 is 2.27 bits per heavy atom. The molecule has 1 aliphatic carbocycles. The lowest BCUT2D eigenvalue weighted by molar-refractivity contribution is 1.20. The van der Waals surface area contributed by atoms with Crippen LogP contribution in [0, 0.1) is 13.8 Å².